The van der Waals surface area contributed by atoms with Gasteiger partial charge in [-0.2, -0.15) is 0 Å². The lowest BCUT2D eigenvalue weighted by Gasteiger charge is -1.99. The monoisotopic (exact) mass is 192 g/mol. The van der Waals surface area contributed by atoms with Crippen molar-refractivity contribution in [1.82, 2.24) is 9.55 Å². The molecule has 1 radical (unpaired) electrons. The van der Waals surface area contributed by atoms with Crippen LogP contribution < -0.4 is 5.73 Å². The van der Waals surface area contributed by atoms with Gasteiger partial charge in [0.2, 0.25) is 0 Å². The number of rotatable bonds is 0. The van der Waals surface area contributed by atoms with E-state index in [4.69, 9.17) is 5.73 Å². The number of primary amides is 1. The minimum atomic E-state index is -0.702. The molecule has 4 nitrogen and oxygen atoms in total. The molecule has 2 N–H and O–H groups in total. The number of hydrogen-bond donors (Lipinski definition) is 1. The number of pyridine rings is 1. The molecule has 5 heteroatoms. The van der Waals surface area contributed by atoms with Crippen LogP contribution in [-0.4, -0.2) is 15.6 Å². The van der Waals surface area contributed by atoms with Gasteiger partial charge >= 0.3 is 6.03 Å². The molecular weight excluding hydrogens is 185 g/mol. The highest BCUT2D eigenvalue weighted by molar-refractivity contribution is 5.88. The molecule has 2 heterocycles. The minimum absolute atomic E-state index is 0.184. The molecule has 71 valence electrons. The SMILES string of the molecule is Cc1cnc2c([c]cn2C(N)=O)c1F. The quantitative estimate of drug-likeness (QED) is 0.681. The average Bonchev–Trinajstić information content (AvgIpc) is 2.55. The van der Waals surface area contributed by atoms with Crippen LogP contribution in [0.4, 0.5) is 9.18 Å². The summed E-state index contributed by atoms with van der Waals surface area (Å²) in [5.74, 6) is -0.421. The van der Waals surface area contributed by atoms with Crippen LogP contribution in [-0.2, 0) is 0 Å². The Morgan fingerprint density at radius 3 is 3.07 bits per heavy atom. The van der Waals surface area contributed by atoms with Crippen molar-refractivity contribution in [2.45, 2.75) is 6.92 Å². The largest absolute Gasteiger partial charge is 0.351 e. The Hall–Kier alpha value is -1.91. The van der Waals surface area contributed by atoms with Crippen LogP contribution in [0.2, 0.25) is 0 Å². The number of hydrogen-bond acceptors (Lipinski definition) is 2. The van der Waals surface area contributed by atoms with E-state index < -0.39 is 11.8 Å². The predicted octanol–water partition coefficient (Wildman–Crippen LogP) is 1.21. The summed E-state index contributed by atoms with van der Waals surface area (Å²) in [5, 5.41) is 0.184. The first-order chi connectivity index (χ1) is 6.61. The number of nitrogens with two attached hydrogens (primary N) is 1. The molecule has 0 saturated carbocycles. The highest BCUT2D eigenvalue weighted by Crippen LogP contribution is 2.18. The molecule has 0 spiro atoms. The third kappa shape index (κ3) is 1.06. The number of halogens is 1. The Labute approximate surface area is 79.1 Å². The van der Waals surface area contributed by atoms with E-state index in [0.29, 0.717) is 5.56 Å². The zero-order valence-corrected chi connectivity index (χ0v) is 7.41. The number of aryl methyl sites for hydroxylation is 1. The van der Waals surface area contributed by atoms with E-state index in [9.17, 15) is 9.18 Å². The molecule has 2 aromatic heterocycles. The summed E-state index contributed by atoms with van der Waals surface area (Å²) in [6, 6.07) is 1.90. The molecule has 14 heavy (non-hydrogen) atoms. The van der Waals surface area contributed by atoms with Crippen molar-refractivity contribution < 1.29 is 9.18 Å². The molecule has 0 aliphatic heterocycles. The highest BCUT2D eigenvalue weighted by Gasteiger charge is 2.11. The number of fused-ring (bicyclic) bond motifs is 1. The Morgan fingerprint density at radius 2 is 2.43 bits per heavy atom. The summed E-state index contributed by atoms with van der Waals surface area (Å²) in [4.78, 5) is 14.8. The summed E-state index contributed by atoms with van der Waals surface area (Å²) in [6.07, 6.45) is 2.63. The second-order valence-corrected chi connectivity index (χ2v) is 2.94. The van der Waals surface area contributed by atoms with E-state index in [-0.39, 0.29) is 11.0 Å². The number of carbonyl (C=O) groups excluding carboxylic acids is 1. The van der Waals surface area contributed by atoms with E-state index in [1.807, 2.05) is 0 Å². The van der Waals surface area contributed by atoms with Gasteiger partial charge in [0.25, 0.3) is 0 Å². The number of aromatic nitrogens is 2. The summed E-state index contributed by atoms with van der Waals surface area (Å²) in [5.41, 5.74) is 5.66. The van der Waals surface area contributed by atoms with Crippen LogP contribution >= 0.6 is 0 Å². The fourth-order valence-electron chi connectivity index (χ4n) is 1.24. The molecular formula is C9H7FN3O. The maximum Gasteiger partial charge on any atom is 0.324 e. The maximum absolute atomic E-state index is 13.4. The van der Waals surface area contributed by atoms with Gasteiger partial charge in [-0.25, -0.2) is 14.2 Å². The van der Waals surface area contributed by atoms with Gasteiger partial charge < -0.3 is 5.73 Å². The van der Waals surface area contributed by atoms with Gasteiger partial charge in [-0.3, -0.25) is 4.57 Å². The topological polar surface area (TPSA) is 60.9 Å². The number of nitrogens with zero attached hydrogens (tertiary/aromatic N) is 2. The smallest absolute Gasteiger partial charge is 0.324 e. The predicted molar refractivity (Wildman–Crippen MR) is 48.2 cm³/mol. The second kappa shape index (κ2) is 2.80. The summed E-state index contributed by atoms with van der Waals surface area (Å²) in [6.45, 7) is 1.59. The van der Waals surface area contributed by atoms with Crippen molar-refractivity contribution >= 4 is 17.1 Å². The molecule has 0 aliphatic rings. The zero-order valence-electron chi connectivity index (χ0n) is 7.41. The van der Waals surface area contributed by atoms with Gasteiger partial charge in [-0.1, -0.05) is 0 Å². The maximum atomic E-state index is 13.4. The van der Waals surface area contributed by atoms with Crippen molar-refractivity contribution in [3.63, 3.8) is 0 Å². The Kier molecular flexibility index (Phi) is 1.73. The first-order valence-corrected chi connectivity index (χ1v) is 3.95. The molecule has 0 saturated heterocycles. The molecule has 0 fully saturated rings. The van der Waals surface area contributed by atoms with E-state index >= 15 is 0 Å². The van der Waals surface area contributed by atoms with Crippen LogP contribution in [0.25, 0.3) is 11.0 Å². The first kappa shape index (κ1) is 8.68. The third-order valence-electron chi connectivity index (χ3n) is 1.97. The van der Waals surface area contributed by atoms with Crippen LogP contribution in [0.5, 0.6) is 0 Å². The lowest BCUT2D eigenvalue weighted by Crippen LogP contribution is -2.18. The Balaban J connectivity index is 2.83. The fraction of sp³-hybridized carbons (Fsp3) is 0.111. The minimum Gasteiger partial charge on any atom is -0.351 e. The van der Waals surface area contributed by atoms with Gasteiger partial charge in [0.15, 0.2) is 5.65 Å². The lowest BCUT2D eigenvalue weighted by atomic mass is 10.2. The molecule has 2 rings (SSSR count). The van der Waals surface area contributed by atoms with Gasteiger partial charge in [0.05, 0.1) is 5.39 Å². The van der Waals surface area contributed by atoms with Crippen molar-refractivity contribution in [2.24, 2.45) is 5.73 Å². The molecule has 1 amide bonds. The van der Waals surface area contributed by atoms with Crippen molar-refractivity contribution in [3.05, 3.63) is 29.8 Å². The third-order valence-corrected chi connectivity index (χ3v) is 1.97. The van der Waals surface area contributed by atoms with Crippen LogP contribution in [0.15, 0.2) is 12.4 Å². The molecule has 0 bridgehead atoms. The molecule has 0 atom stereocenters. The molecule has 0 aliphatic carbocycles. The average molecular weight is 192 g/mol. The van der Waals surface area contributed by atoms with Gasteiger partial charge in [-0.15, -0.1) is 0 Å². The highest BCUT2D eigenvalue weighted by atomic mass is 19.1. The summed E-state index contributed by atoms with van der Waals surface area (Å²) >= 11 is 0. The number of amides is 1. The Bertz CT molecular complexity index is 518. The molecule has 2 aromatic rings. The zero-order chi connectivity index (χ0) is 10.3. The van der Waals surface area contributed by atoms with Crippen LogP contribution in [0.3, 0.4) is 0 Å². The summed E-state index contributed by atoms with van der Waals surface area (Å²) < 4.78 is 14.5. The van der Waals surface area contributed by atoms with E-state index in [2.05, 4.69) is 11.1 Å². The summed E-state index contributed by atoms with van der Waals surface area (Å²) in [7, 11) is 0. The fourth-order valence-corrected chi connectivity index (χ4v) is 1.24. The Morgan fingerprint density at radius 1 is 1.71 bits per heavy atom. The van der Waals surface area contributed by atoms with E-state index in [1.54, 1.807) is 6.92 Å². The van der Waals surface area contributed by atoms with Crippen LogP contribution in [0.1, 0.15) is 5.56 Å². The lowest BCUT2D eigenvalue weighted by molar-refractivity contribution is 0.251. The molecule has 0 aromatic carbocycles. The van der Waals surface area contributed by atoms with Crippen molar-refractivity contribution in [2.75, 3.05) is 0 Å². The van der Waals surface area contributed by atoms with Crippen LogP contribution in [0, 0.1) is 18.8 Å². The van der Waals surface area contributed by atoms with E-state index in [1.165, 1.54) is 12.4 Å². The number of carbonyl (C=O) groups is 1. The second-order valence-electron chi connectivity index (χ2n) is 2.94. The van der Waals surface area contributed by atoms with Gasteiger partial charge in [-0.05, 0) is 6.92 Å². The van der Waals surface area contributed by atoms with Gasteiger partial charge in [0, 0.05) is 24.0 Å². The van der Waals surface area contributed by atoms with Crippen molar-refractivity contribution in [3.8, 4) is 0 Å². The van der Waals surface area contributed by atoms with Gasteiger partial charge in [0.1, 0.15) is 5.82 Å². The first-order valence-electron chi connectivity index (χ1n) is 3.95. The normalized spacial score (nSPS) is 10.7. The standard InChI is InChI=1S/C9H7FN3O/c1-5-4-12-8-6(7(5)10)2-3-13(8)9(11)14/h3-4H,1H3,(H2,11,14). The van der Waals surface area contributed by atoms with Crippen molar-refractivity contribution in [1.29, 1.82) is 0 Å². The van der Waals surface area contributed by atoms with E-state index in [0.717, 1.165) is 4.57 Å². The molecule has 0 unspecified atom stereocenters.